The molecule has 7 nitrogen and oxygen atoms in total. The Bertz CT molecular complexity index is 1350. The summed E-state index contributed by atoms with van der Waals surface area (Å²) < 4.78 is 22.0. The summed E-state index contributed by atoms with van der Waals surface area (Å²) in [5, 5.41) is 2.78. The molecule has 0 bridgehead atoms. The van der Waals surface area contributed by atoms with Crippen molar-refractivity contribution < 1.29 is 28.5 Å². The fraction of sp³-hybridized carbons (Fsp3) is 0.188. The topological polar surface area (TPSA) is 83.1 Å². The number of amides is 1. The van der Waals surface area contributed by atoms with Gasteiger partial charge in [-0.25, -0.2) is 4.79 Å². The average Bonchev–Trinajstić information content (AvgIpc) is 2.99. The summed E-state index contributed by atoms with van der Waals surface area (Å²) in [4.78, 5) is 25.4. The van der Waals surface area contributed by atoms with Crippen LogP contribution in [0.1, 0.15) is 27.0 Å². The van der Waals surface area contributed by atoms with Crippen LogP contribution in [-0.2, 0) is 29.2 Å². The van der Waals surface area contributed by atoms with Gasteiger partial charge in [-0.05, 0) is 53.6 Å². The number of nitrogens with one attached hydrogen (secondary N) is 1. The zero-order chi connectivity index (χ0) is 27.5. The fourth-order valence-electron chi connectivity index (χ4n) is 3.96. The maximum absolute atomic E-state index is 12.9. The Balaban J connectivity index is 1.33. The number of ether oxygens (including phenoxy) is 4. The standard InChI is InChI=1S/C32H31NO6/c1-36-30-11-7-6-10-26(30)22-39-28-18-14-25(15-19-28)31(34)33-29(32(35)37-2)20-23-12-16-27(17-13-23)38-21-24-8-4-3-5-9-24/h3-19,29H,20-22H2,1-2H3,(H,33,34). The third kappa shape index (κ3) is 7.85. The highest BCUT2D eigenvalue weighted by Crippen LogP contribution is 2.21. The number of hydrogen-bond acceptors (Lipinski definition) is 6. The van der Waals surface area contributed by atoms with Crippen LogP contribution in [0.2, 0.25) is 0 Å². The van der Waals surface area contributed by atoms with Gasteiger partial charge in [-0.1, -0.05) is 60.7 Å². The lowest BCUT2D eigenvalue weighted by Crippen LogP contribution is -2.43. The average molecular weight is 526 g/mol. The molecule has 0 saturated carbocycles. The minimum atomic E-state index is -0.847. The van der Waals surface area contributed by atoms with E-state index in [0.29, 0.717) is 30.3 Å². The van der Waals surface area contributed by atoms with Crippen LogP contribution in [0, 0.1) is 0 Å². The largest absolute Gasteiger partial charge is 0.496 e. The third-order valence-electron chi connectivity index (χ3n) is 6.11. The summed E-state index contributed by atoms with van der Waals surface area (Å²) in [5.74, 6) is 1.16. The monoisotopic (exact) mass is 525 g/mol. The van der Waals surface area contributed by atoms with Gasteiger partial charge in [-0.15, -0.1) is 0 Å². The highest BCUT2D eigenvalue weighted by atomic mass is 16.5. The first-order valence-electron chi connectivity index (χ1n) is 12.5. The quantitative estimate of drug-likeness (QED) is 0.251. The molecule has 0 fully saturated rings. The predicted octanol–water partition coefficient (Wildman–Crippen LogP) is 5.37. The highest BCUT2D eigenvalue weighted by Gasteiger charge is 2.23. The van der Waals surface area contributed by atoms with Gasteiger partial charge >= 0.3 is 5.97 Å². The van der Waals surface area contributed by atoms with Gasteiger partial charge in [-0.2, -0.15) is 0 Å². The van der Waals surface area contributed by atoms with E-state index in [0.717, 1.165) is 22.4 Å². The Labute approximate surface area is 228 Å². The zero-order valence-electron chi connectivity index (χ0n) is 22.0. The van der Waals surface area contributed by atoms with Crippen molar-refractivity contribution in [3.8, 4) is 17.2 Å². The number of carbonyl (C=O) groups is 2. The van der Waals surface area contributed by atoms with Crippen LogP contribution in [0.4, 0.5) is 0 Å². The second kappa shape index (κ2) is 13.7. The summed E-state index contributed by atoms with van der Waals surface area (Å²) in [6, 6.07) is 30.8. The molecule has 1 unspecified atom stereocenters. The van der Waals surface area contributed by atoms with Crippen molar-refractivity contribution in [2.24, 2.45) is 0 Å². The van der Waals surface area contributed by atoms with Crippen LogP contribution in [0.15, 0.2) is 103 Å². The maximum atomic E-state index is 12.9. The molecule has 0 heterocycles. The van der Waals surface area contributed by atoms with Gasteiger partial charge in [0.05, 0.1) is 14.2 Å². The van der Waals surface area contributed by atoms with E-state index in [1.54, 1.807) is 31.4 Å². The normalized spacial score (nSPS) is 11.2. The molecular weight excluding hydrogens is 494 g/mol. The molecule has 0 saturated heterocycles. The lowest BCUT2D eigenvalue weighted by atomic mass is 10.0. The molecule has 0 spiro atoms. The van der Waals surface area contributed by atoms with Gasteiger partial charge < -0.3 is 24.3 Å². The lowest BCUT2D eigenvalue weighted by molar-refractivity contribution is -0.142. The van der Waals surface area contributed by atoms with E-state index < -0.39 is 12.0 Å². The lowest BCUT2D eigenvalue weighted by Gasteiger charge is -2.17. The summed E-state index contributed by atoms with van der Waals surface area (Å²) in [7, 11) is 2.92. The van der Waals surface area contributed by atoms with E-state index in [1.165, 1.54) is 7.11 Å². The molecule has 0 aromatic heterocycles. The maximum Gasteiger partial charge on any atom is 0.328 e. The summed E-state index contributed by atoms with van der Waals surface area (Å²) in [6.07, 6.45) is 0.275. The summed E-state index contributed by atoms with van der Waals surface area (Å²) >= 11 is 0. The van der Waals surface area contributed by atoms with Gasteiger partial charge in [0.25, 0.3) is 5.91 Å². The van der Waals surface area contributed by atoms with Crippen molar-refractivity contribution in [3.05, 3.63) is 125 Å². The Morgan fingerprint density at radius 1 is 0.692 bits per heavy atom. The molecule has 0 aliphatic heterocycles. The third-order valence-corrected chi connectivity index (χ3v) is 6.11. The number of esters is 1. The molecule has 1 amide bonds. The van der Waals surface area contributed by atoms with Crippen LogP contribution in [-0.4, -0.2) is 32.1 Å². The van der Waals surface area contributed by atoms with Gasteiger partial charge in [0.2, 0.25) is 0 Å². The van der Waals surface area contributed by atoms with Crippen LogP contribution in [0.5, 0.6) is 17.2 Å². The molecular formula is C32H31NO6. The van der Waals surface area contributed by atoms with Crippen molar-refractivity contribution in [2.75, 3.05) is 14.2 Å². The van der Waals surface area contributed by atoms with E-state index in [-0.39, 0.29) is 12.3 Å². The van der Waals surface area contributed by atoms with Crippen molar-refractivity contribution in [3.63, 3.8) is 0 Å². The van der Waals surface area contributed by atoms with Gasteiger partial charge in [0.15, 0.2) is 0 Å². The van der Waals surface area contributed by atoms with Crippen molar-refractivity contribution in [1.82, 2.24) is 5.32 Å². The molecule has 4 aromatic carbocycles. The molecule has 1 N–H and O–H groups in total. The Morgan fingerprint density at radius 2 is 1.31 bits per heavy atom. The number of carbonyl (C=O) groups excluding carboxylic acids is 2. The minimum absolute atomic E-state index is 0.275. The van der Waals surface area contributed by atoms with Crippen molar-refractivity contribution in [1.29, 1.82) is 0 Å². The Kier molecular flexibility index (Phi) is 9.56. The number of para-hydroxylation sites is 1. The number of rotatable bonds is 12. The second-order valence-corrected chi connectivity index (χ2v) is 8.80. The second-order valence-electron chi connectivity index (χ2n) is 8.80. The molecule has 0 radical (unpaired) electrons. The van der Waals surface area contributed by atoms with E-state index in [4.69, 9.17) is 18.9 Å². The molecule has 200 valence electrons. The van der Waals surface area contributed by atoms with Gasteiger partial charge in [-0.3, -0.25) is 4.79 Å². The smallest absolute Gasteiger partial charge is 0.328 e. The van der Waals surface area contributed by atoms with E-state index in [9.17, 15) is 9.59 Å². The molecule has 4 rings (SSSR count). The van der Waals surface area contributed by atoms with Crippen LogP contribution < -0.4 is 19.5 Å². The van der Waals surface area contributed by atoms with E-state index >= 15 is 0 Å². The zero-order valence-corrected chi connectivity index (χ0v) is 22.0. The summed E-state index contributed by atoms with van der Waals surface area (Å²) in [6.45, 7) is 0.793. The Morgan fingerprint density at radius 3 is 1.97 bits per heavy atom. The number of methoxy groups -OCH3 is 2. The van der Waals surface area contributed by atoms with Gasteiger partial charge in [0.1, 0.15) is 36.5 Å². The Hall–Kier alpha value is -4.78. The molecule has 39 heavy (non-hydrogen) atoms. The van der Waals surface area contributed by atoms with Crippen LogP contribution in [0.25, 0.3) is 0 Å². The first-order chi connectivity index (χ1) is 19.1. The van der Waals surface area contributed by atoms with Gasteiger partial charge in [0, 0.05) is 17.5 Å². The molecule has 0 aliphatic rings. The minimum Gasteiger partial charge on any atom is -0.496 e. The predicted molar refractivity (Wildman–Crippen MR) is 148 cm³/mol. The first-order valence-corrected chi connectivity index (χ1v) is 12.5. The summed E-state index contributed by atoms with van der Waals surface area (Å²) in [5.41, 5.74) is 3.25. The molecule has 4 aromatic rings. The molecule has 1 atom stereocenters. The number of hydrogen-bond donors (Lipinski definition) is 1. The SMILES string of the molecule is COC(=O)C(Cc1ccc(OCc2ccccc2)cc1)NC(=O)c1ccc(OCc2ccccc2OC)cc1. The molecule has 7 heteroatoms. The van der Waals surface area contributed by atoms with E-state index in [2.05, 4.69) is 5.32 Å². The van der Waals surface area contributed by atoms with Crippen molar-refractivity contribution >= 4 is 11.9 Å². The number of benzene rings is 4. The fourth-order valence-corrected chi connectivity index (χ4v) is 3.96. The first kappa shape index (κ1) is 27.3. The van der Waals surface area contributed by atoms with E-state index in [1.807, 2.05) is 78.9 Å². The molecule has 0 aliphatic carbocycles. The van der Waals surface area contributed by atoms with Crippen LogP contribution in [0.3, 0.4) is 0 Å². The highest BCUT2D eigenvalue weighted by molar-refractivity contribution is 5.96. The van der Waals surface area contributed by atoms with Crippen LogP contribution >= 0.6 is 0 Å². The van der Waals surface area contributed by atoms with Crippen molar-refractivity contribution in [2.45, 2.75) is 25.7 Å².